The Bertz CT molecular complexity index is 3200. The molecule has 12 rings (SSSR count). The molecule has 0 atom stereocenters. The third-order valence-corrected chi connectivity index (χ3v) is 11.7. The fraction of sp³-hybridized carbons (Fsp3) is 0. The molecule has 0 amide bonds. The standard InChI is InChI=1S/C54H32O/c1-3-13-33(14-4-1)38-29-39(37-27-28-47-46(32-37)43-23-9-19-35-20-12-26-48(55-47)50(35)43)31-40(30-38)52-42-22-8-7-21-41(42)51(36-15-5-2-6-16-36)53-44-24-10-17-34-18-11-25-45(49(34)44)54(52)53/h1-32H. The summed E-state index contributed by atoms with van der Waals surface area (Å²) in [5.74, 6) is 1.80. The van der Waals surface area contributed by atoms with Crippen LogP contribution in [0.4, 0.5) is 0 Å². The minimum atomic E-state index is 0.889. The molecule has 55 heavy (non-hydrogen) atoms. The van der Waals surface area contributed by atoms with Crippen molar-refractivity contribution >= 4 is 32.3 Å². The van der Waals surface area contributed by atoms with Crippen molar-refractivity contribution in [3.8, 4) is 89.4 Å². The van der Waals surface area contributed by atoms with Gasteiger partial charge in [-0.1, -0.05) is 158 Å². The molecule has 0 N–H and O–H groups in total. The maximum Gasteiger partial charge on any atom is 0.135 e. The maximum atomic E-state index is 6.53. The first-order chi connectivity index (χ1) is 27.3. The van der Waals surface area contributed by atoms with Crippen LogP contribution in [0, 0.1) is 0 Å². The van der Waals surface area contributed by atoms with Crippen LogP contribution in [0.2, 0.25) is 0 Å². The molecule has 1 heterocycles. The highest BCUT2D eigenvalue weighted by atomic mass is 16.5. The van der Waals surface area contributed by atoms with Crippen molar-refractivity contribution in [3.63, 3.8) is 0 Å². The summed E-state index contributed by atoms with van der Waals surface area (Å²) < 4.78 is 6.53. The van der Waals surface area contributed by atoms with Gasteiger partial charge in [0.2, 0.25) is 0 Å². The lowest BCUT2D eigenvalue weighted by atomic mass is 9.81. The summed E-state index contributed by atoms with van der Waals surface area (Å²) in [6, 6.07) is 71.1. The van der Waals surface area contributed by atoms with E-state index in [1.54, 1.807) is 0 Å². The molecule has 0 saturated carbocycles. The van der Waals surface area contributed by atoms with Crippen LogP contribution in [0.15, 0.2) is 194 Å². The van der Waals surface area contributed by atoms with Gasteiger partial charge < -0.3 is 4.74 Å². The van der Waals surface area contributed by atoms with E-state index < -0.39 is 0 Å². The summed E-state index contributed by atoms with van der Waals surface area (Å²) in [6.45, 7) is 0. The Kier molecular flexibility index (Phi) is 6.40. The van der Waals surface area contributed by atoms with Gasteiger partial charge in [-0.05, 0) is 136 Å². The lowest BCUT2D eigenvalue weighted by molar-refractivity contribution is 0.487. The van der Waals surface area contributed by atoms with Gasteiger partial charge in [-0.3, -0.25) is 0 Å². The fourth-order valence-corrected chi connectivity index (χ4v) is 9.42. The van der Waals surface area contributed by atoms with E-state index in [1.807, 2.05) is 0 Å². The Balaban J connectivity index is 1.17. The predicted molar refractivity (Wildman–Crippen MR) is 231 cm³/mol. The normalized spacial score (nSPS) is 12.1. The number of hydrogen-bond acceptors (Lipinski definition) is 1. The molecule has 0 aromatic heterocycles. The highest BCUT2D eigenvalue weighted by Gasteiger charge is 2.31. The molecule has 1 heteroatoms. The van der Waals surface area contributed by atoms with E-state index in [4.69, 9.17) is 4.74 Å². The minimum absolute atomic E-state index is 0.889. The van der Waals surface area contributed by atoms with E-state index >= 15 is 0 Å². The molecule has 0 unspecified atom stereocenters. The van der Waals surface area contributed by atoms with Crippen molar-refractivity contribution in [1.82, 2.24) is 0 Å². The van der Waals surface area contributed by atoms with Crippen LogP contribution in [-0.4, -0.2) is 0 Å². The molecule has 254 valence electrons. The zero-order valence-electron chi connectivity index (χ0n) is 29.9. The molecule has 10 aromatic rings. The summed E-state index contributed by atoms with van der Waals surface area (Å²) in [5, 5.41) is 7.47. The van der Waals surface area contributed by atoms with Gasteiger partial charge in [0.25, 0.3) is 0 Å². The maximum absolute atomic E-state index is 6.53. The van der Waals surface area contributed by atoms with Gasteiger partial charge in [-0.25, -0.2) is 0 Å². The Morgan fingerprint density at radius 3 is 1.45 bits per heavy atom. The second-order valence-electron chi connectivity index (χ2n) is 14.8. The average Bonchev–Trinajstić information content (AvgIpc) is 3.58. The van der Waals surface area contributed by atoms with Gasteiger partial charge in [0.05, 0.1) is 0 Å². The van der Waals surface area contributed by atoms with Gasteiger partial charge in [0.1, 0.15) is 11.5 Å². The first kappa shape index (κ1) is 30.3. The smallest absolute Gasteiger partial charge is 0.135 e. The first-order valence-corrected chi connectivity index (χ1v) is 19.0. The average molecular weight is 697 g/mol. The highest BCUT2D eigenvalue weighted by molar-refractivity contribution is 6.27. The molecule has 0 fully saturated rings. The summed E-state index contributed by atoms with van der Waals surface area (Å²) in [4.78, 5) is 0. The van der Waals surface area contributed by atoms with Gasteiger partial charge >= 0.3 is 0 Å². The third-order valence-electron chi connectivity index (χ3n) is 11.7. The zero-order chi connectivity index (χ0) is 36.0. The van der Waals surface area contributed by atoms with Crippen molar-refractivity contribution in [3.05, 3.63) is 194 Å². The quantitative estimate of drug-likeness (QED) is 0.178. The van der Waals surface area contributed by atoms with Crippen molar-refractivity contribution in [1.29, 1.82) is 0 Å². The van der Waals surface area contributed by atoms with Crippen molar-refractivity contribution in [2.45, 2.75) is 0 Å². The molecule has 0 bridgehead atoms. The minimum Gasteiger partial charge on any atom is -0.456 e. The monoisotopic (exact) mass is 696 g/mol. The van der Waals surface area contributed by atoms with Gasteiger partial charge in [-0.2, -0.15) is 0 Å². The predicted octanol–water partition coefficient (Wildman–Crippen LogP) is 15.2. The number of ether oxygens (including phenoxy) is 1. The van der Waals surface area contributed by atoms with E-state index in [9.17, 15) is 0 Å². The van der Waals surface area contributed by atoms with E-state index in [0.717, 1.165) is 22.6 Å². The van der Waals surface area contributed by atoms with E-state index in [-0.39, 0.29) is 0 Å². The molecular weight excluding hydrogens is 665 g/mol. The molecule has 0 saturated heterocycles. The molecule has 10 aromatic carbocycles. The number of fused-ring (bicyclic) bond motifs is 6. The van der Waals surface area contributed by atoms with Gasteiger partial charge in [0.15, 0.2) is 0 Å². The fourth-order valence-electron chi connectivity index (χ4n) is 9.42. The molecule has 1 nitrogen and oxygen atoms in total. The molecule has 1 aliphatic carbocycles. The molecular formula is C54H32O. The number of hydrogen-bond donors (Lipinski definition) is 0. The topological polar surface area (TPSA) is 9.23 Å². The summed E-state index contributed by atoms with van der Waals surface area (Å²) in [5.41, 5.74) is 17.3. The van der Waals surface area contributed by atoms with Crippen LogP contribution >= 0.6 is 0 Å². The lowest BCUT2D eigenvalue weighted by Gasteiger charge is -2.23. The summed E-state index contributed by atoms with van der Waals surface area (Å²) in [7, 11) is 0. The van der Waals surface area contributed by atoms with Crippen LogP contribution in [0.25, 0.3) is 110 Å². The largest absolute Gasteiger partial charge is 0.456 e. The Morgan fingerprint density at radius 2 is 0.782 bits per heavy atom. The van der Waals surface area contributed by atoms with Gasteiger partial charge in [0, 0.05) is 10.9 Å². The van der Waals surface area contributed by atoms with E-state index in [1.165, 1.54) is 99.1 Å². The Morgan fingerprint density at radius 1 is 0.255 bits per heavy atom. The van der Waals surface area contributed by atoms with Crippen molar-refractivity contribution in [2.24, 2.45) is 0 Å². The molecule has 1 aliphatic heterocycles. The molecule has 2 aliphatic rings. The van der Waals surface area contributed by atoms with Crippen molar-refractivity contribution in [2.75, 3.05) is 0 Å². The van der Waals surface area contributed by atoms with Crippen molar-refractivity contribution < 1.29 is 4.74 Å². The lowest BCUT2D eigenvalue weighted by Crippen LogP contribution is -1.97. The summed E-state index contributed by atoms with van der Waals surface area (Å²) in [6.07, 6.45) is 0. The Hall–Kier alpha value is -7.22. The van der Waals surface area contributed by atoms with Crippen LogP contribution in [0.5, 0.6) is 11.5 Å². The Labute approximate surface area is 319 Å². The van der Waals surface area contributed by atoms with Crippen LogP contribution in [0.1, 0.15) is 0 Å². The third kappa shape index (κ3) is 4.48. The second kappa shape index (κ2) is 11.6. The second-order valence-corrected chi connectivity index (χ2v) is 14.8. The molecule has 0 radical (unpaired) electrons. The SMILES string of the molecule is c1ccc(-c2cc(-c3ccc4c(c3)-c3cccc5cccc(c35)O4)cc(-c3c4c(c(-c5ccccc5)c5ccccc35)-c3cccc5cccc-4c35)c2)cc1. The van der Waals surface area contributed by atoms with Crippen LogP contribution in [0.3, 0.4) is 0 Å². The highest BCUT2D eigenvalue weighted by Crippen LogP contribution is 2.58. The zero-order valence-corrected chi connectivity index (χ0v) is 29.9. The van der Waals surface area contributed by atoms with E-state index in [2.05, 4.69) is 194 Å². The molecule has 0 spiro atoms. The van der Waals surface area contributed by atoms with E-state index in [0.29, 0.717) is 0 Å². The van der Waals surface area contributed by atoms with Gasteiger partial charge in [-0.15, -0.1) is 0 Å². The van der Waals surface area contributed by atoms with Crippen LogP contribution in [-0.2, 0) is 0 Å². The first-order valence-electron chi connectivity index (χ1n) is 19.0. The van der Waals surface area contributed by atoms with Crippen LogP contribution < -0.4 is 4.74 Å². The number of rotatable bonds is 4. The number of benzene rings is 10. The summed E-state index contributed by atoms with van der Waals surface area (Å²) >= 11 is 0.